The number of carbonyl (C=O) groups excluding carboxylic acids is 1. The lowest BCUT2D eigenvalue weighted by Gasteiger charge is -1.87. The lowest BCUT2D eigenvalue weighted by atomic mass is 10.2. The Morgan fingerprint density at radius 2 is 2.38 bits per heavy atom. The van der Waals surface area contributed by atoms with Crippen molar-refractivity contribution in [3.05, 3.63) is 28.5 Å². The van der Waals surface area contributed by atoms with E-state index in [-0.39, 0.29) is 16.7 Å². The predicted molar refractivity (Wildman–Crippen MR) is 43.1 cm³/mol. The summed E-state index contributed by atoms with van der Waals surface area (Å²) in [5.74, 6) is -0.711. The Balaban J connectivity index is 2.95. The van der Waals surface area contributed by atoms with Gasteiger partial charge in [-0.1, -0.05) is 0 Å². The zero-order chi connectivity index (χ0) is 9.42. The molecule has 0 spiro atoms. The molecule has 3 N–H and O–H groups in total. The Hall–Kier alpha value is -2.11. The van der Waals surface area contributed by atoms with E-state index in [1.807, 2.05) is 0 Å². The molecule has 0 aliphatic heterocycles. The highest BCUT2D eigenvalue weighted by molar-refractivity contribution is 6.03. The van der Waals surface area contributed by atoms with Crippen LogP contribution in [0.5, 0.6) is 0 Å². The molecule has 0 saturated heterocycles. The monoisotopic (exact) mass is 179 g/mol. The van der Waals surface area contributed by atoms with Gasteiger partial charge in [0.2, 0.25) is 5.71 Å². The predicted octanol–water partition coefficient (Wildman–Crippen LogP) is -0.385. The smallest absolute Gasteiger partial charge is 0.262 e. The molecular formula is C7H5N3O3. The summed E-state index contributed by atoms with van der Waals surface area (Å²) >= 11 is 0. The number of rotatable bonds is 1. The van der Waals surface area contributed by atoms with Gasteiger partial charge in [0.1, 0.15) is 11.6 Å². The SMILES string of the molecule is NC(=O)c1coc2nc[nH]c(=O)c12. The van der Waals surface area contributed by atoms with Crippen molar-refractivity contribution in [1.82, 2.24) is 9.97 Å². The molecule has 66 valence electrons. The van der Waals surface area contributed by atoms with Crippen LogP contribution in [0.25, 0.3) is 11.1 Å². The number of primary amides is 1. The molecular weight excluding hydrogens is 174 g/mol. The summed E-state index contributed by atoms with van der Waals surface area (Å²) in [6.45, 7) is 0. The maximum atomic E-state index is 11.2. The van der Waals surface area contributed by atoms with Crippen LogP contribution in [0.4, 0.5) is 0 Å². The number of nitrogens with two attached hydrogens (primary N) is 1. The highest BCUT2D eigenvalue weighted by Crippen LogP contribution is 2.13. The lowest BCUT2D eigenvalue weighted by molar-refractivity contribution is 0.100. The van der Waals surface area contributed by atoms with E-state index in [1.165, 1.54) is 6.33 Å². The second kappa shape index (κ2) is 2.44. The van der Waals surface area contributed by atoms with Crippen molar-refractivity contribution in [1.29, 1.82) is 0 Å². The van der Waals surface area contributed by atoms with E-state index in [1.54, 1.807) is 0 Å². The van der Waals surface area contributed by atoms with Crippen molar-refractivity contribution in [3.8, 4) is 0 Å². The van der Waals surface area contributed by atoms with Gasteiger partial charge in [-0.15, -0.1) is 0 Å². The highest BCUT2D eigenvalue weighted by Gasteiger charge is 2.14. The molecule has 2 aromatic rings. The van der Waals surface area contributed by atoms with Gasteiger partial charge in [0, 0.05) is 0 Å². The number of aromatic amines is 1. The second-order valence-electron chi connectivity index (χ2n) is 2.43. The molecule has 0 saturated carbocycles. The third kappa shape index (κ3) is 0.994. The fraction of sp³-hybridized carbons (Fsp3) is 0. The average molecular weight is 179 g/mol. The Morgan fingerprint density at radius 1 is 1.62 bits per heavy atom. The molecule has 0 fully saturated rings. The number of H-pyrrole nitrogens is 1. The number of nitrogens with one attached hydrogen (secondary N) is 1. The normalized spacial score (nSPS) is 10.5. The molecule has 0 aromatic carbocycles. The van der Waals surface area contributed by atoms with Gasteiger partial charge in [0.25, 0.3) is 11.5 Å². The first-order chi connectivity index (χ1) is 6.20. The maximum absolute atomic E-state index is 11.2. The number of fused-ring (bicyclic) bond motifs is 1. The molecule has 0 radical (unpaired) electrons. The summed E-state index contributed by atoms with van der Waals surface area (Å²) < 4.78 is 4.86. The van der Waals surface area contributed by atoms with E-state index in [0.717, 1.165) is 6.26 Å². The number of nitrogens with zero attached hydrogens (tertiary/aromatic N) is 1. The Morgan fingerprint density at radius 3 is 3.08 bits per heavy atom. The zero-order valence-electron chi connectivity index (χ0n) is 6.40. The van der Waals surface area contributed by atoms with E-state index in [2.05, 4.69) is 9.97 Å². The van der Waals surface area contributed by atoms with Gasteiger partial charge in [-0.3, -0.25) is 9.59 Å². The molecule has 0 bridgehead atoms. The molecule has 6 heteroatoms. The minimum Gasteiger partial charge on any atom is -0.445 e. The molecule has 2 aromatic heterocycles. The van der Waals surface area contributed by atoms with Crippen molar-refractivity contribution < 1.29 is 9.21 Å². The van der Waals surface area contributed by atoms with Gasteiger partial charge >= 0.3 is 0 Å². The largest absolute Gasteiger partial charge is 0.445 e. The van der Waals surface area contributed by atoms with Crippen molar-refractivity contribution in [2.24, 2.45) is 5.73 Å². The molecule has 13 heavy (non-hydrogen) atoms. The lowest BCUT2D eigenvalue weighted by Crippen LogP contribution is -2.14. The fourth-order valence-corrected chi connectivity index (χ4v) is 1.07. The summed E-state index contributed by atoms with van der Waals surface area (Å²) in [5, 5.41) is 0.0926. The Labute approximate surface area is 71.4 Å². The molecule has 2 rings (SSSR count). The summed E-state index contributed by atoms with van der Waals surface area (Å²) in [6.07, 6.45) is 2.31. The van der Waals surface area contributed by atoms with Gasteiger partial charge in [0.05, 0.1) is 11.9 Å². The van der Waals surface area contributed by atoms with Crippen LogP contribution in [0.1, 0.15) is 10.4 Å². The standard InChI is InChI=1S/C7H5N3O3/c8-5(11)3-1-13-7-4(3)6(12)9-2-10-7/h1-2H,(H2,8,11)(H,9,10,12). The molecule has 2 heterocycles. The van der Waals surface area contributed by atoms with E-state index in [4.69, 9.17) is 10.2 Å². The van der Waals surface area contributed by atoms with Crippen LogP contribution < -0.4 is 11.3 Å². The van der Waals surface area contributed by atoms with Crippen LogP contribution >= 0.6 is 0 Å². The second-order valence-corrected chi connectivity index (χ2v) is 2.43. The molecule has 0 unspecified atom stereocenters. The summed E-state index contributed by atoms with van der Waals surface area (Å²) in [4.78, 5) is 28.0. The molecule has 0 aliphatic rings. The van der Waals surface area contributed by atoms with Crippen molar-refractivity contribution in [3.63, 3.8) is 0 Å². The minimum absolute atomic E-state index is 0.0457. The number of hydrogen-bond acceptors (Lipinski definition) is 4. The van der Waals surface area contributed by atoms with Crippen molar-refractivity contribution >= 4 is 17.0 Å². The number of amides is 1. The van der Waals surface area contributed by atoms with E-state index >= 15 is 0 Å². The number of carbonyl (C=O) groups is 1. The van der Waals surface area contributed by atoms with Crippen LogP contribution in [-0.4, -0.2) is 15.9 Å². The summed E-state index contributed by atoms with van der Waals surface area (Å²) in [6, 6.07) is 0. The summed E-state index contributed by atoms with van der Waals surface area (Å²) in [5.41, 5.74) is 4.73. The fourth-order valence-electron chi connectivity index (χ4n) is 1.07. The molecule has 1 amide bonds. The van der Waals surface area contributed by atoms with Gasteiger partial charge in [0.15, 0.2) is 0 Å². The van der Waals surface area contributed by atoms with Crippen LogP contribution in [0.2, 0.25) is 0 Å². The average Bonchev–Trinajstić information content (AvgIpc) is 2.49. The summed E-state index contributed by atoms with van der Waals surface area (Å²) in [7, 11) is 0. The first-order valence-corrected chi connectivity index (χ1v) is 3.45. The topological polar surface area (TPSA) is 102 Å². The number of hydrogen-bond donors (Lipinski definition) is 2. The van der Waals surface area contributed by atoms with Crippen molar-refractivity contribution in [2.45, 2.75) is 0 Å². The quantitative estimate of drug-likeness (QED) is 0.622. The van der Waals surface area contributed by atoms with Crippen LogP contribution in [0.3, 0.4) is 0 Å². The number of furan rings is 1. The van der Waals surface area contributed by atoms with E-state index in [0.29, 0.717) is 0 Å². The van der Waals surface area contributed by atoms with Gasteiger partial charge in [-0.2, -0.15) is 0 Å². The first kappa shape index (κ1) is 7.53. The van der Waals surface area contributed by atoms with Crippen LogP contribution in [-0.2, 0) is 0 Å². The van der Waals surface area contributed by atoms with Gasteiger partial charge < -0.3 is 15.1 Å². The van der Waals surface area contributed by atoms with Crippen LogP contribution in [0, 0.1) is 0 Å². The third-order valence-corrected chi connectivity index (χ3v) is 1.64. The Bertz CT molecular complexity index is 525. The molecule has 0 aliphatic carbocycles. The third-order valence-electron chi connectivity index (χ3n) is 1.64. The van der Waals surface area contributed by atoms with Crippen LogP contribution in [0.15, 0.2) is 21.8 Å². The van der Waals surface area contributed by atoms with Gasteiger partial charge in [-0.25, -0.2) is 4.98 Å². The minimum atomic E-state index is -0.711. The Kier molecular flexibility index (Phi) is 1.42. The molecule has 6 nitrogen and oxygen atoms in total. The zero-order valence-corrected chi connectivity index (χ0v) is 6.40. The van der Waals surface area contributed by atoms with Crippen molar-refractivity contribution in [2.75, 3.05) is 0 Å². The maximum Gasteiger partial charge on any atom is 0.262 e. The number of aromatic nitrogens is 2. The molecule has 0 atom stereocenters. The van der Waals surface area contributed by atoms with E-state index < -0.39 is 11.5 Å². The highest BCUT2D eigenvalue weighted by atomic mass is 16.3. The van der Waals surface area contributed by atoms with Gasteiger partial charge in [-0.05, 0) is 0 Å². The first-order valence-electron chi connectivity index (χ1n) is 3.45. The van der Waals surface area contributed by atoms with E-state index in [9.17, 15) is 9.59 Å².